The fraction of sp³-hybridized carbons (Fsp3) is 0.130. The Balaban J connectivity index is 1.56. The van der Waals surface area contributed by atoms with Crippen molar-refractivity contribution in [3.63, 3.8) is 0 Å². The standard InChI is InChI=1S/C23H21ClN2O3/c1-15-4-3-5-17(14-15)23(28)26-20-10-8-19(9-11-20)25-22(27)16(2)29-21-12-6-18(24)7-13-21/h3-14,16H,1-2H3,(H,25,27)(H,26,28). The van der Waals surface area contributed by atoms with Crippen molar-refractivity contribution in [1.29, 1.82) is 0 Å². The summed E-state index contributed by atoms with van der Waals surface area (Å²) in [6, 6.07) is 21.1. The van der Waals surface area contributed by atoms with Crippen LogP contribution in [0.2, 0.25) is 5.02 Å². The van der Waals surface area contributed by atoms with Crippen molar-refractivity contribution in [2.75, 3.05) is 10.6 Å². The summed E-state index contributed by atoms with van der Waals surface area (Å²) in [5, 5.41) is 6.23. The Morgan fingerprint density at radius 2 is 1.52 bits per heavy atom. The second-order valence-corrected chi connectivity index (χ2v) is 7.04. The van der Waals surface area contributed by atoms with Gasteiger partial charge >= 0.3 is 0 Å². The highest BCUT2D eigenvalue weighted by Crippen LogP contribution is 2.18. The third-order valence-electron chi connectivity index (χ3n) is 4.19. The molecule has 29 heavy (non-hydrogen) atoms. The summed E-state index contributed by atoms with van der Waals surface area (Å²) < 4.78 is 5.61. The molecule has 2 amide bonds. The molecule has 0 saturated heterocycles. The van der Waals surface area contributed by atoms with Gasteiger partial charge in [0.25, 0.3) is 11.8 Å². The number of carbonyl (C=O) groups is 2. The lowest BCUT2D eigenvalue weighted by Gasteiger charge is -2.15. The maximum atomic E-state index is 12.3. The topological polar surface area (TPSA) is 67.4 Å². The summed E-state index contributed by atoms with van der Waals surface area (Å²) in [4.78, 5) is 24.6. The van der Waals surface area contributed by atoms with Crippen LogP contribution < -0.4 is 15.4 Å². The molecule has 1 unspecified atom stereocenters. The summed E-state index contributed by atoms with van der Waals surface area (Å²) >= 11 is 5.84. The van der Waals surface area contributed by atoms with Gasteiger partial charge in [-0.3, -0.25) is 9.59 Å². The molecule has 0 spiro atoms. The zero-order valence-electron chi connectivity index (χ0n) is 16.1. The molecule has 0 aliphatic carbocycles. The largest absolute Gasteiger partial charge is 0.481 e. The normalized spacial score (nSPS) is 11.4. The van der Waals surface area contributed by atoms with Crippen molar-refractivity contribution < 1.29 is 14.3 Å². The second kappa shape index (κ2) is 9.26. The molecule has 0 saturated carbocycles. The van der Waals surface area contributed by atoms with Gasteiger partial charge in [-0.05, 0) is 74.5 Å². The van der Waals surface area contributed by atoms with Gasteiger partial charge in [0.1, 0.15) is 5.75 Å². The Morgan fingerprint density at radius 1 is 0.897 bits per heavy atom. The molecule has 148 valence electrons. The molecule has 1 atom stereocenters. The smallest absolute Gasteiger partial charge is 0.265 e. The number of ether oxygens (including phenoxy) is 1. The fourth-order valence-electron chi connectivity index (χ4n) is 2.64. The molecule has 0 aliphatic rings. The molecule has 3 rings (SSSR count). The van der Waals surface area contributed by atoms with E-state index in [1.54, 1.807) is 61.5 Å². The average Bonchev–Trinajstić information content (AvgIpc) is 2.71. The van der Waals surface area contributed by atoms with Gasteiger partial charge in [0, 0.05) is 22.0 Å². The van der Waals surface area contributed by atoms with Gasteiger partial charge in [0.05, 0.1) is 0 Å². The quantitative estimate of drug-likeness (QED) is 0.581. The Labute approximate surface area is 174 Å². The number of carbonyl (C=O) groups excluding carboxylic acids is 2. The number of amides is 2. The fourth-order valence-corrected chi connectivity index (χ4v) is 2.77. The van der Waals surface area contributed by atoms with E-state index >= 15 is 0 Å². The van der Waals surface area contributed by atoms with Crippen LogP contribution in [0.4, 0.5) is 11.4 Å². The molecule has 3 aromatic rings. The first-order valence-electron chi connectivity index (χ1n) is 9.12. The van der Waals surface area contributed by atoms with Gasteiger partial charge in [-0.15, -0.1) is 0 Å². The number of anilines is 2. The predicted octanol–water partition coefficient (Wildman–Crippen LogP) is 5.31. The first-order chi connectivity index (χ1) is 13.9. The van der Waals surface area contributed by atoms with Gasteiger partial charge in [-0.25, -0.2) is 0 Å². The van der Waals surface area contributed by atoms with Crippen molar-refractivity contribution >= 4 is 34.8 Å². The predicted molar refractivity (Wildman–Crippen MR) is 116 cm³/mol. The first-order valence-corrected chi connectivity index (χ1v) is 9.50. The summed E-state index contributed by atoms with van der Waals surface area (Å²) in [5.74, 6) is 0.0956. The van der Waals surface area contributed by atoms with Gasteiger partial charge in [-0.2, -0.15) is 0 Å². The van der Waals surface area contributed by atoms with Crippen molar-refractivity contribution in [1.82, 2.24) is 0 Å². The van der Waals surface area contributed by atoms with Crippen LogP contribution in [0.5, 0.6) is 5.75 Å². The Bertz CT molecular complexity index is 1000. The van der Waals surface area contributed by atoms with E-state index in [2.05, 4.69) is 10.6 Å². The van der Waals surface area contributed by atoms with E-state index in [1.165, 1.54) is 0 Å². The van der Waals surface area contributed by atoms with Crippen LogP contribution in [0.3, 0.4) is 0 Å². The SMILES string of the molecule is Cc1cccc(C(=O)Nc2ccc(NC(=O)C(C)Oc3ccc(Cl)cc3)cc2)c1. The summed E-state index contributed by atoms with van der Waals surface area (Å²) in [5.41, 5.74) is 2.86. The van der Waals surface area contributed by atoms with Gasteiger partial charge < -0.3 is 15.4 Å². The van der Waals surface area contributed by atoms with Gasteiger partial charge in [0.2, 0.25) is 0 Å². The highest BCUT2D eigenvalue weighted by Gasteiger charge is 2.15. The van der Waals surface area contributed by atoms with Crippen molar-refractivity contribution in [2.45, 2.75) is 20.0 Å². The molecular formula is C23H21ClN2O3. The minimum Gasteiger partial charge on any atom is -0.481 e. The highest BCUT2D eigenvalue weighted by atomic mass is 35.5. The molecule has 0 aromatic heterocycles. The van der Waals surface area contributed by atoms with E-state index in [0.717, 1.165) is 5.56 Å². The Morgan fingerprint density at radius 3 is 2.14 bits per heavy atom. The van der Waals surface area contributed by atoms with Crippen LogP contribution in [0.15, 0.2) is 72.8 Å². The summed E-state index contributed by atoms with van der Waals surface area (Å²) in [7, 11) is 0. The van der Waals surface area contributed by atoms with E-state index in [4.69, 9.17) is 16.3 Å². The third kappa shape index (κ3) is 5.83. The van der Waals surface area contributed by atoms with E-state index < -0.39 is 6.10 Å². The number of nitrogens with one attached hydrogen (secondary N) is 2. The Hall–Kier alpha value is -3.31. The zero-order chi connectivity index (χ0) is 20.8. The molecule has 3 aromatic carbocycles. The third-order valence-corrected chi connectivity index (χ3v) is 4.44. The van der Waals surface area contributed by atoms with Crippen LogP contribution in [0.1, 0.15) is 22.8 Å². The van der Waals surface area contributed by atoms with E-state index in [0.29, 0.717) is 27.7 Å². The lowest BCUT2D eigenvalue weighted by Crippen LogP contribution is -2.30. The molecular weight excluding hydrogens is 388 g/mol. The average molecular weight is 409 g/mol. The lowest BCUT2D eigenvalue weighted by atomic mass is 10.1. The van der Waals surface area contributed by atoms with Crippen molar-refractivity contribution in [3.05, 3.63) is 88.9 Å². The monoisotopic (exact) mass is 408 g/mol. The van der Waals surface area contributed by atoms with Gasteiger partial charge in [-0.1, -0.05) is 29.3 Å². The number of halogens is 1. The molecule has 2 N–H and O–H groups in total. The zero-order valence-corrected chi connectivity index (χ0v) is 16.9. The molecule has 5 nitrogen and oxygen atoms in total. The van der Waals surface area contributed by atoms with Crippen molar-refractivity contribution in [2.24, 2.45) is 0 Å². The van der Waals surface area contributed by atoms with Crippen molar-refractivity contribution in [3.8, 4) is 5.75 Å². The summed E-state index contributed by atoms with van der Waals surface area (Å²) in [6.07, 6.45) is -0.683. The minimum atomic E-state index is -0.683. The molecule has 0 bridgehead atoms. The van der Waals surface area contributed by atoms with Crippen LogP contribution in [0.25, 0.3) is 0 Å². The van der Waals surface area contributed by atoms with Crippen LogP contribution >= 0.6 is 11.6 Å². The molecule has 0 aliphatic heterocycles. The highest BCUT2D eigenvalue weighted by molar-refractivity contribution is 6.30. The molecule has 0 heterocycles. The van der Waals surface area contributed by atoms with E-state index in [9.17, 15) is 9.59 Å². The second-order valence-electron chi connectivity index (χ2n) is 6.60. The van der Waals surface area contributed by atoms with Crippen LogP contribution in [0, 0.1) is 6.92 Å². The molecule has 0 radical (unpaired) electrons. The van der Waals surface area contributed by atoms with E-state index in [-0.39, 0.29) is 11.8 Å². The maximum Gasteiger partial charge on any atom is 0.265 e. The number of hydrogen-bond acceptors (Lipinski definition) is 3. The van der Waals surface area contributed by atoms with E-state index in [1.807, 2.05) is 25.1 Å². The maximum absolute atomic E-state index is 12.3. The van der Waals surface area contributed by atoms with Gasteiger partial charge in [0.15, 0.2) is 6.10 Å². The van der Waals surface area contributed by atoms with Crippen LogP contribution in [-0.4, -0.2) is 17.9 Å². The first kappa shape index (κ1) is 20.4. The lowest BCUT2D eigenvalue weighted by molar-refractivity contribution is -0.122. The number of rotatable bonds is 6. The summed E-state index contributed by atoms with van der Waals surface area (Å²) in [6.45, 7) is 3.60. The number of benzene rings is 3. The molecule has 0 fully saturated rings. The molecule has 6 heteroatoms. The van der Waals surface area contributed by atoms with Crippen LogP contribution in [-0.2, 0) is 4.79 Å². The minimum absolute atomic E-state index is 0.185. The number of aryl methyl sites for hydroxylation is 1. The number of hydrogen-bond donors (Lipinski definition) is 2. The Kier molecular flexibility index (Phi) is 6.52.